The maximum absolute atomic E-state index is 10.5. The highest BCUT2D eigenvalue weighted by molar-refractivity contribution is 7.88. The fraction of sp³-hybridized carbons (Fsp3) is 0.200. The van der Waals surface area contributed by atoms with Crippen molar-refractivity contribution in [3.8, 4) is 0 Å². The van der Waals surface area contributed by atoms with Crippen LogP contribution in [-0.4, -0.2) is 9.96 Å². The molecule has 0 aromatic rings. The molecule has 1 aliphatic rings. The third kappa shape index (κ3) is 1.20. The van der Waals surface area contributed by atoms with Crippen LogP contribution in [0.15, 0.2) is 23.3 Å². The van der Waals surface area contributed by atoms with Crippen LogP contribution in [0.25, 0.3) is 0 Å². The zero-order valence-corrected chi connectivity index (χ0v) is 5.15. The molecule has 1 aliphatic heterocycles. The van der Waals surface area contributed by atoms with E-state index >= 15 is 0 Å². The first-order valence-corrected chi connectivity index (χ1v) is 3.68. The van der Waals surface area contributed by atoms with Crippen molar-refractivity contribution in [2.24, 2.45) is 5.73 Å². The first-order chi connectivity index (χ1) is 3.79. The van der Waals surface area contributed by atoms with Gasteiger partial charge in [0.2, 0.25) is 0 Å². The first kappa shape index (κ1) is 5.56. The van der Waals surface area contributed by atoms with E-state index in [1.807, 2.05) is 0 Å². The molecule has 44 valence electrons. The predicted octanol–water partition coefficient (Wildman–Crippen LogP) is 0.105. The summed E-state index contributed by atoms with van der Waals surface area (Å²) in [5.74, 6) is 0.572. The normalized spacial score (nSPS) is 27.5. The second kappa shape index (κ2) is 2.13. The highest BCUT2D eigenvalue weighted by Gasteiger charge is 1.95. The highest BCUT2D eigenvalue weighted by atomic mass is 32.2. The van der Waals surface area contributed by atoms with E-state index in [-0.39, 0.29) is 0 Å². The topological polar surface area (TPSA) is 43.1 Å². The standard InChI is InChI=1S/C5H7NOS/c6-5-1-3-8(7)4-2-5/h1-3H,4,6H2. The molecule has 0 saturated heterocycles. The Morgan fingerprint density at radius 1 is 1.75 bits per heavy atom. The van der Waals surface area contributed by atoms with Crippen molar-refractivity contribution < 1.29 is 4.21 Å². The summed E-state index contributed by atoms with van der Waals surface area (Å²) in [5, 5.41) is 1.61. The fourth-order valence-electron chi connectivity index (χ4n) is 0.456. The van der Waals surface area contributed by atoms with E-state index in [4.69, 9.17) is 5.73 Å². The molecule has 0 aromatic carbocycles. The van der Waals surface area contributed by atoms with E-state index < -0.39 is 10.8 Å². The number of hydrogen-bond acceptors (Lipinski definition) is 2. The van der Waals surface area contributed by atoms with Gasteiger partial charge >= 0.3 is 0 Å². The molecule has 0 radical (unpaired) electrons. The minimum Gasteiger partial charge on any atom is -0.399 e. The average Bonchev–Trinajstić information content (AvgIpc) is 1.77. The lowest BCUT2D eigenvalue weighted by Gasteiger charge is -1.97. The molecule has 0 bridgehead atoms. The van der Waals surface area contributed by atoms with Gasteiger partial charge < -0.3 is 5.73 Å². The lowest BCUT2D eigenvalue weighted by molar-refractivity contribution is 0.689. The molecule has 0 amide bonds. The smallest absolute Gasteiger partial charge is 0.0496 e. The van der Waals surface area contributed by atoms with E-state index in [1.54, 1.807) is 17.6 Å². The summed E-state index contributed by atoms with van der Waals surface area (Å²) in [4.78, 5) is 0. The second-order valence-electron chi connectivity index (χ2n) is 1.55. The Kier molecular flexibility index (Phi) is 1.48. The molecule has 1 atom stereocenters. The number of allylic oxidation sites excluding steroid dienone is 1. The summed E-state index contributed by atoms with van der Waals surface area (Å²) >= 11 is 0. The molecule has 1 rings (SSSR count). The Bertz CT molecular complexity index is 169. The minimum absolute atomic E-state index is 0.572. The molecule has 0 aromatic heterocycles. The molecule has 0 fully saturated rings. The number of hydrogen-bond donors (Lipinski definition) is 1. The summed E-state index contributed by atoms with van der Waals surface area (Å²) in [6, 6.07) is 0. The average molecular weight is 129 g/mol. The van der Waals surface area contributed by atoms with E-state index in [0.717, 1.165) is 0 Å². The van der Waals surface area contributed by atoms with Crippen LogP contribution in [0.3, 0.4) is 0 Å². The van der Waals surface area contributed by atoms with Crippen molar-refractivity contribution in [1.82, 2.24) is 0 Å². The molecule has 0 aliphatic carbocycles. The molecule has 0 spiro atoms. The zero-order valence-electron chi connectivity index (χ0n) is 4.33. The lowest BCUT2D eigenvalue weighted by atomic mass is 10.4. The van der Waals surface area contributed by atoms with Crippen molar-refractivity contribution in [2.75, 3.05) is 5.75 Å². The third-order valence-electron chi connectivity index (χ3n) is 0.896. The Morgan fingerprint density at radius 2 is 2.50 bits per heavy atom. The molecular weight excluding hydrogens is 122 g/mol. The van der Waals surface area contributed by atoms with Gasteiger partial charge in [-0.15, -0.1) is 0 Å². The van der Waals surface area contributed by atoms with E-state index in [2.05, 4.69) is 0 Å². The van der Waals surface area contributed by atoms with Gasteiger partial charge in [0.25, 0.3) is 0 Å². The number of nitrogens with two attached hydrogens (primary N) is 1. The second-order valence-corrected chi connectivity index (χ2v) is 2.92. The molecule has 0 saturated carbocycles. The van der Waals surface area contributed by atoms with Crippen molar-refractivity contribution >= 4 is 10.8 Å². The predicted molar refractivity (Wildman–Crippen MR) is 34.4 cm³/mol. The zero-order chi connectivity index (χ0) is 5.98. The Hall–Kier alpha value is -0.570. The molecule has 3 heteroatoms. The van der Waals surface area contributed by atoms with Gasteiger partial charge in [0, 0.05) is 27.7 Å². The molecule has 1 unspecified atom stereocenters. The fourth-order valence-corrected chi connectivity index (χ4v) is 1.23. The first-order valence-electron chi connectivity index (χ1n) is 2.30. The summed E-state index contributed by atoms with van der Waals surface area (Å²) in [6.45, 7) is 0. The maximum Gasteiger partial charge on any atom is 0.0496 e. The van der Waals surface area contributed by atoms with Crippen LogP contribution < -0.4 is 5.73 Å². The Labute approximate surface area is 50.5 Å². The van der Waals surface area contributed by atoms with E-state index in [1.165, 1.54) is 0 Å². The largest absolute Gasteiger partial charge is 0.399 e. The molecule has 1 heterocycles. The van der Waals surface area contributed by atoms with Crippen LogP contribution in [0, 0.1) is 0 Å². The SMILES string of the molecule is NC1=CCS(=O)C=C1. The quantitative estimate of drug-likeness (QED) is 0.504. The van der Waals surface area contributed by atoms with Gasteiger partial charge in [0.15, 0.2) is 0 Å². The molecule has 8 heavy (non-hydrogen) atoms. The van der Waals surface area contributed by atoms with Gasteiger partial charge in [-0.2, -0.15) is 0 Å². The summed E-state index contributed by atoms with van der Waals surface area (Å²) in [5.41, 5.74) is 6.05. The van der Waals surface area contributed by atoms with Gasteiger partial charge in [-0.25, -0.2) is 0 Å². The molecule has 2 N–H and O–H groups in total. The van der Waals surface area contributed by atoms with Gasteiger partial charge in [0.1, 0.15) is 0 Å². The Balaban J connectivity index is 2.71. The van der Waals surface area contributed by atoms with Crippen LogP contribution in [0.5, 0.6) is 0 Å². The van der Waals surface area contributed by atoms with Gasteiger partial charge in [-0.05, 0) is 12.2 Å². The summed E-state index contributed by atoms with van der Waals surface area (Å²) in [7, 11) is -0.798. The monoisotopic (exact) mass is 129 g/mol. The van der Waals surface area contributed by atoms with Crippen LogP contribution in [0.4, 0.5) is 0 Å². The lowest BCUT2D eigenvalue weighted by Crippen LogP contribution is -2.02. The molecule has 2 nitrogen and oxygen atoms in total. The van der Waals surface area contributed by atoms with Crippen molar-refractivity contribution in [3.63, 3.8) is 0 Å². The van der Waals surface area contributed by atoms with Crippen LogP contribution in [0.2, 0.25) is 0 Å². The van der Waals surface area contributed by atoms with Gasteiger partial charge in [-0.1, -0.05) is 0 Å². The van der Waals surface area contributed by atoms with Gasteiger partial charge in [-0.3, -0.25) is 4.21 Å². The summed E-state index contributed by atoms with van der Waals surface area (Å²) < 4.78 is 10.5. The molecular formula is C5H7NOS. The van der Waals surface area contributed by atoms with Crippen LogP contribution >= 0.6 is 0 Å². The Morgan fingerprint density at radius 3 is 2.88 bits per heavy atom. The van der Waals surface area contributed by atoms with E-state index in [9.17, 15) is 4.21 Å². The maximum atomic E-state index is 10.5. The van der Waals surface area contributed by atoms with Crippen molar-refractivity contribution in [1.29, 1.82) is 0 Å². The van der Waals surface area contributed by atoms with Gasteiger partial charge in [0.05, 0.1) is 0 Å². The highest BCUT2D eigenvalue weighted by Crippen LogP contribution is 1.98. The summed E-state index contributed by atoms with van der Waals surface area (Å²) in [6.07, 6.45) is 3.43. The van der Waals surface area contributed by atoms with Crippen LogP contribution in [0.1, 0.15) is 0 Å². The third-order valence-corrected chi connectivity index (χ3v) is 1.83. The van der Waals surface area contributed by atoms with E-state index in [0.29, 0.717) is 11.4 Å². The number of rotatable bonds is 0. The van der Waals surface area contributed by atoms with Crippen molar-refractivity contribution in [3.05, 3.63) is 23.3 Å². The van der Waals surface area contributed by atoms with Crippen molar-refractivity contribution in [2.45, 2.75) is 0 Å². The minimum atomic E-state index is -0.798. The van der Waals surface area contributed by atoms with Crippen LogP contribution in [-0.2, 0) is 10.8 Å².